The topological polar surface area (TPSA) is 47.1 Å². The molecule has 0 radical (unpaired) electrons. The van der Waals surface area contributed by atoms with Crippen LogP contribution in [0.1, 0.15) is 94.9 Å². The average molecular weight is 423 g/mol. The van der Waals surface area contributed by atoms with Gasteiger partial charge in [-0.05, 0) is 92.9 Å². The van der Waals surface area contributed by atoms with E-state index in [1.54, 1.807) is 0 Å². The van der Waals surface area contributed by atoms with E-state index in [0.29, 0.717) is 24.9 Å². The number of piperidine rings is 2. The molecule has 2 saturated heterocycles. The second kappa shape index (κ2) is 8.42. The van der Waals surface area contributed by atoms with Gasteiger partial charge in [-0.2, -0.15) is 0 Å². The average Bonchev–Trinajstić information content (AvgIpc) is 2.51. The van der Waals surface area contributed by atoms with Gasteiger partial charge in [0.1, 0.15) is 0 Å². The highest BCUT2D eigenvalue weighted by molar-refractivity contribution is 5.48. The van der Waals surface area contributed by atoms with Crippen molar-refractivity contribution in [2.24, 2.45) is 11.8 Å². The molecule has 6 heteroatoms. The van der Waals surface area contributed by atoms with Gasteiger partial charge in [0.2, 0.25) is 12.8 Å². The van der Waals surface area contributed by atoms with Crippen molar-refractivity contribution in [2.75, 3.05) is 13.1 Å². The Bertz CT molecular complexity index is 539. The maximum absolute atomic E-state index is 12.2. The van der Waals surface area contributed by atoms with Gasteiger partial charge in [-0.3, -0.25) is 19.6 Å². The third-order valence-electron chi connectivity index (χ3n) is 7.00. The third-order valence-corrected chi connectivity index (χ3v) is 7.00. The highest BCUT2D eigenvalue weighted by Gasteiger charge is 2.49. The van der Waals surface area contributed by atoms with Crippen LogP contribution in [0.15, 0.2) is 0 Å². The van der Waals surface area contributed by atoms with E-state index in [1.165, 1.54) is 0 Å². The molecule has 30 heavy (non-hydrogen) atoms. The second-order valence-electron chi connectivity index (χ2n) is 12.4. The summed E-state index contributed by atoms with van der Waals surface area (Å²) in [5.41, 5.74) is -0.471. The molecule has 0 bridgehead atoms. The summed E-state index contributed by atoms with van der Waals surface area (Å²) >= 11 is 0. The standard InChI is InChI=1S/C24H46N4O2/c1-19-13-21(3,4)27(22(5,6)14-19)25(17-29)11-12-26(18-30)28-23(7,8)15-20(2)16-24(28,9)10/h17-20H,11-16H2,1-10H3. The Kier molecular flexibility index (Phi) is 7.05. The van der Waals surface area contributed by atoms with E-state index in [4.69, 9.17) is 0 Å². The van der Waals surface area contributed by atoms with Crippen LogP contribution < -0.4 is 0 Å². The molecule has 0 atom stereocenters. The van der Waals surface area contributed by atoms with E-state index in [2.05, 4.69) is 79.3 Å². The molecule has 0 saturated carbocycles. The molecule has 0 aliphatic carbocycles. The molecule has 0 spiro atoms. The molecule has 0 aromatic heterocycles. The van der Waals surface area contributed by atoms with Gasteiger partial charge in [-0.25, -0.2) is 10.0 Å². The molecule has 2 heterocycles. The molecule has 2 aliphatic heterocycles. The van der Waals surface area contributed by atoms with Gasteiger partial charge in [0.25, 0.3) is 0 Å². The fourth-order valence-electron chi connectivity index (χ4n) is 7.54. The van der Waals surface area contributed by atoms with E-state index in [-0.39, 0.29) is 22.2 Å². The van der Waals surface area contributed by atoms with Gasteiger partial charge in [0.15, 0.2) is 0 Å². The predicted molar refractivity (Wildman–Crippen MR) is 122 cm³/mol. The van der Waals surface area contributed by atoms with Crippen LogP contribution in [0.4, 0.5) is 0 Å². The van der Waals surface area contributed by atoms with E-state index in [9.17, 15) is 9.59 Å². The fraction of sp³-hybridized carbons (Fsp3) is 0.917. The highest BCUT2D eigenvalue weighted by atomic mass is 16.2. The van der Waals surface area contributed by atoms with Crippen molar-refractivity contribution in [3.63, 3.8) is 0 Å². The van der Waals surface area contributed by atoms with Crippen molar-refractivity contribution in [1.82, 2.24) is 20.0 Å². The van der Waals surface area contributed by atoms with Crippen LogP contribution >= 0.6 is 0 Å². The van der Waals surface area contributed by atoms with E-state index >= 15 is 0 Å². The summed E-state index contributed by atoms with van der Waals surface area (Å²) in [6.45, 7) is 23.3. The van der Waals surface area contributed by atoms with Crippen LogP contribution in [0.25, 0.3) is 0 Å². The lowest BCUT2D eigenvalue weighted by Gasteiger charge is -2.59. The first-order chi connectivity index (χ1) is 13.6. The van der Waals surface area contributed by atoms with Crippen molar-refractivity contribution in [3.05, 3.63) is 0 Å². The summed E-state index contributed by atoms with van der Waals surface area (Å²) in [6.07, 6.45) is 6.06. The molecule has 6 nitrogen and oxygen atoms in total. The zero-order chi connectivity index (χ0) is 23.1. The minimum absolute atomic E-state index is 0.118. The van der Waals surface area contributed by atoms with E-state index in [0.717, 1.165) is 38.5 Å². The Morgan fingerprint density at radius 3 is 1.07 bits per heavy atom. The molecule has 2 fully saturated rings. The lowest BCUT2D eigenvalue weighted by molar-refractivity contribution is -0.209. The Labute approximate surface area is 184 Å². The number of nitrogens with zero attached hydrogens (tertiary/aromatic N) is 4. The van der Waals surface area contributed by atoms with Crippen LogP contribution in [-0.2, 0) is 9.59 Å². The van der Waals surface area contributed by atoms with Crippen LogP contribution in [-0.4, -0.2) is 68.1 Å². The number of hydrogen-bond donors (Lipinski definition) is 0. The molecule has 2 amide bonds. The Hall–Kier alpha value is -1.14. The van der Waals surface area contributed by atoms with Gasteiger partial charge in [0, 0.05) is 22.2 Å². The van der Waals surface area contributed by atoms with Gasteiger partial charge < -0.3 is 0 Å². The van der Waals surface area contributed by atoms with Crippen molar-refractivity contribution in [1.29, 1.82) is 0 Å². The summed E-state index contributed by atoms with van der Waals surface area (Å²) in [5.74, 6) is 1.23. The third kappa shape index (κ3) is 5.01. The number of rotatable bonds is 7. The minimum Gasteiger partial charge on any atom is -0.277 e. The van der Waals surface area contributed by atoms with Crippen LogP contribution in [0.5, 0.6) is 0 Å². The lowest BCUT2D eigenvalue weighted by atomic mass is 9.75. The molecular formula is C24H46N4O2. The Morgan fingerprint density at radius 2 is 0.867 bits per heavy atom. The van der Waals surface area contributed by atoms with Crippen LogP contribution in [0.3, 0.4) is 0 Å². The number of carbonyl (C=O) groups excluding carboxylic acids is 2. The maximum Gasteiger partial charge on any atom is 0.224 e. The smallest absolute Gasteiger partial charge is 0.224 e. The summed E-state index contributed by atoms with van der Waals surface area (Å²) in [4.78, 5) is 24.4. The van der Waals surface area contributed by atoms with E-state index < -0.39 is 0 Å². The van der Waals surface area contributed by atoms with Crippen molar-refractivity contribution >= 4 is 12.8 Å². The number of carbonyl (C=O) groups is 2. The van der Waals surface area contributed by atoms with Gasteiger partial charge in [-0.1, -0.05) is 13.8 Å². The summed E-state index contributed by atoms with van der Waals surface area (Å²) < 4.78 is 0. The molecule has 0 aromatic rings. The summed E-state index contributed by atoms with van der Waals surface area (Å²) in [5, 5.41) is 8.14. The SMILES string of the molecule is CC1CC(C)(C)N(N(C=O)CCN(C=O)N2C(C)(C)CC(C)CC2(C)C)C(C)(C)C1. The van der Waals surface area contributed by atoms with Crippen molar-refractivity contribution in [2.45, 2.75) is 117 Å². The lowest BCUT2D eigenvalue weighted by Crippen LogP contribution is -2.69. The van der Waals surface area contributed by atoms with Gasteiger partial charge >= 0.3 is 0 Å². The molecule has 174 valence electrons. The zero-order valence-corrected chi connectivity index (χ0v) is 21.2. The Balaban J connectivity index is 2.23. The fourth-order valence-corrected chi connectivity index (χ4v) is 7.54. The number of hydrogen-bond acceptors (Lipinski definition) is 4. The zero-order valence-electron chi connectivity index (χ0n) is 21.2. The highest BCUT2D eigenvalue weighted by Crippen LogP contribution is 2.43. The summed E-state index contributed by atoms with van der Waals surface area (Å²) in [6, 6.07) is 0. The first-order valence-corrected chi connectivity index (χ1v) is 11.6. The van der Waals surface area contributed by atoms with Crippen molar-refractivity contribution in [3.8, 4) is 0 Å². The number of amides is 2. The first-order valence-electron chi connectivity index (χ1n) is 11.6. The molecule has 0 aromatic carbocycles. The molecule has 0 unspecified atom stereocenters. The van der Waals surface area contributed by atoms with Crippen LogP contribution in [0.2, 0.25) is 0 Å². The quantitative estimate of drug-likeness (QED) is 0.574. The molecule has 2 rings (SSSR count). The van der Waals surface area contributed by atoms with Gasteiger partial charge in [-0.15, -0.1) is 0 Å². The Morgan fingerprint density at radius 1 is 0.633 bits per heavy atom. The van der Waals surface area contributed by atoms with Crippen LogP contribution in [0, 0.1) is 11.8 Å². The van der Waals surface area contributed by atoms with Crippen molar-refractivity contribution < 1.29 is 9.59 Å². The predicted octanol–water partition coefficient (Wildman–Crippen LogP) is 4.31. The molecular weight excluding hydrogens is 376 g/mol. The van der Waals surface area contributed by atoms with Gasteiger partial charge in [0.05, 0.1) is 13.1 Å². The molecule has 0 N–H and O–H groups in total. The minimum atomic E-state index is -0.118. The summed E-state index contributed by atoms with van der Waals surface area (Å²) in [7, 11) is 0. The molecule has 2 aliphatic rings. The first kappa shape index (κ1) is 25.1. The maximum atomic E-state index is 12.2. The number of hydrazine groups is 2. The monoisotopic (exact) mass is 422 g/mol. The second-order valence-corrected chi connectivity index (χ2v) is 12.4. The largest absolute Gasteiger partial charge is 0.277 e. The van der Waals surface area contributed by atoms with E-state index in [1.807, 2.05) is 10.0 Å². The normalized spacial score (nSPS) is 26.9.